The molecule has 0 aromatic heterocycles. The van der Waals surface area contributed by atoms with E-state index in [1.165, 1.54) is 4.90 Å². The van der Waals surface area contributed by atoms with E-state index in [4.69, 9.17) is 0 Å². The second-order valence-electron chi connectivity index (χ2n) is 8.90. The molecule has 1 atom stereocenters. The lowest BCUT2D eigenvalue weighted by molar-refractivity contribution is -0.137. The van der Waals surface area contributed by atoms with E-state index < -0.39 is 11.9 Å². The van der Waals surface area contributed by atoms with Gasteiger partial charge >= 0.3 is 0 Å². The molecule has 2 aromatic rings. The van der Waals surface area contributed by atoms with Crippen molar-refractivity contribution in [3.05, 3.63) is 64.7 Å². The lowest BCUT2D eigenvalue weighted by Crippen LogP contribution is -2.52. The second-order valence-corrected chi connectivity index (χ2v) is 8.90. The molecule has 1 unspecified atom stereocenters. The Balaban J connectivity index is 1.27. The van der Waals surface area contributed by atoms with Gasteiger partial charge in [0.2, 0.25) is 23.6 Å². The minimum Gasteiger partial charge on any atom is -0.352 e. The molecule has 0 aliphatic carbocycles. The number of benzene rings is 2. The SMILES string of the molecule is Cc1ccc(CNC(=O)CCCC(=O)Nc2cccc3c2CN(C2CCC(=O)NC2=O)C3=O)cc1. The van der Waals surface area contributed by atoms with Gasteiger partial charge in [-0.05, 0) is 37.5 Å². The van der Waals surface area contributed by atoms with E-state index in [9.17, 15) is 24.0 Å². The first kappa shape index (κ1) is 24.1. The van der Waals surface area contributed by atoms with Crippen LogP contribution in [-0.2, 0) is 32.3 Å². The van der Waals surface area contributed by atoms with Gasteiger partial charge in [-0.3, -0.25) is 29.3 Å². The molecule has 9 nitrogen and oxygen atoms in total. The third-order valence-electron chi connectivity index (χ3n) is 6.27. The Kier molecular flexibility index (Phi) is 7.24. The summed E-state index contributed by atoms with van der Waals surface area (Å²) in [5, 5.41) is 7.97. The number of piperidine rings is 1. The Morgan fingerprint density at radius 2 is 1.77 bits per heavy atom. The highest BCUT2D eigenvalue weighted by Gasteiger charge is 2.39. The van der Waals surface area contributed by atoms with Gasteiger partial charge in [0, 0.05) is 49.2 Å². The lowest BCUT2D eigenvalue weighted by atomic mass is 10.0. The van der Waals surface area contributed by atoms with Crippen molar-refractivity contribution >= 4 is 35.2 Å². The van der Waals surface area contributed by atoms with Crippen LogP contribution in [0, 0.1) is 6.92 Å². The topological polar surface area (TPSA) is 125 Å². The van der Waals surface area contributed by atoms with Gasteiger partial charge in [-0.25, -0.2) is 0 Å². The Labute approximate surface area is 203 Å². The maximum atomic E-state index is 12.9. The standard InChI is InChI=1S/C26H28N4O5/c1-16-8-10-17(11-9-16)14-27-22(31)6-3-7-23(32)28-20-5-2-4-18-19(20)15-30(26(18)35)21-12-13-24(33)29-25(21)34/h2,4-5,8-11,21H,3,6-7,12-15H2,1H3,(H,27,31)(H,28,32)(H,29,33,34). The fraction of sp³-hybridized carbons (Fsp3) is 0.346. The zero-order valence-electron chi connectivity index (χ0n) is 19.6. The molecule has 5 amide bonds. The molecule has 1 fully saturated rings. The molecule has 3 N–H and O–H groups in total. The van der Waals surface area contributed by atoms with E-state index in [0.717, 1.165) is 11.1 Å². The number of carbonyl (C=O) groups is 5. The largest absolute Gasteiger partial charge is 0.352 e. The maximum absolute atomic E-state index is 12.9. The monoisotopic (exact) mass is 476 g/mol. The molecule has 35 heavy (non-hydrogen) atoms. The van der Waals surface area contributed by atoms with Crippen molar-refractivity contribution in [3.8, 4) is 0 Å². The van der Waals surface area contributed by atoms with Gasteiger partial charge in [0.15, 0.2) is 0 Å². The smallest absolute Gasteiger partial charge is 0.255 e. The van der Waals surface area contributed by atoms with Crippen LogP contribution in [0.2, 0.25) is 0 Å². The van der Waals surface area contributed by atoms with Crippen molar-refractivity contribution in [1.82, 2.24) is 15.5 Å². The normalized spacial score (nSPS) is 17.1. The molecule has 1 saturated heterocycles. The number of nitrogens with one attached hydrogen (secondary N) is 3. The van der Waals surface area contributed by atoms with Crippen molar-refractivity contribution in [2.45, 2.75) is 58.2 Å². The summed E-state index contributed by atoms with van der Waals surface area (Å²) in [4.78, 5) is 62.6. The molecule has 2 heterocycles. The van der Waals surface area contributed by atoms with Gasteiger partial charge < -0.3 is 15.5 Å². The molecule has 0 spiro atoms. The van der Waals surface area contributed by atoms with Crippen LogP contribution in [0.15, 0.2) is 42.5 Å². The van der Waals surface area contributed by atoms with Crippen molar-refractivity contribution in [2.24, 2.45) is 0 Å². The number of rotatable bonds is 8. The summed E-state index contributed by atoms with van der Waals surface area (Å²) in [5.41, 5.74) is 3.76. The average molecular weight is 477 g/mol. The number of anilines is 1. The van der Waals surface area contributed by atoms with Crippen LogP contribution in [0.25, 0.3) is 0 Å². The first-order valence-electron chi connectivity index (χ1n) is 11.7. The molecule has 2 aromatic carbocycles. The van der Waals surface area contributed by atoms with Gasteiger partial charge in [-0.2, -0.15) is 0 Å². The lowest BCUT2D eigenvalue weighted by Gasteiger charge is -2.29. The Bertz CT molecular complexity index is 1170. The number of imide groups is 1. The summed E-state index contributed by atoms with van der Waals surface area (Å²) in [6, 6.07) is 12.3. The van der Waals surface area contributed by atoms with Crippen molar-refractivity contribution in [1.29, 1.82) is 0 Å². The van der Waals surface area contributed by atoms with Crippen LogP contribution in [0.3, 0.4) is 0 Å². The van der Waals surface area contributed by atoms with Crippen LogP contribution in [-0.4, -0.2) is 40.5 Å². The molecule has 2 aliphatic heterocycles. The quantitative estimate of drug-likeness (QED) is 0.504. The number of fused-ring (bicyclic) bond motifs is 1. The zero-order valence-corrected chi connectivity index (χ0v) is 19.6. The molecule has 0 bridgehead atoms. The van der Waals surface area contributed by atoms with Gasteiger partial charge in [-0.15, -0.1) is 0 Å². The molecule has 9 heteroatoms. The van der Waals surface area contributed by atoms with E-state index in [1.807, 2.05) is 31.2 Å². The third-order valence-corrected chi connectivity index (χ3v) is 6.27. The van der Waals surface area contributed by atoms with Crippen molar-refractivity contribution in [3.63, 3.8) is 0 Å². The predicted molar refractivity (Wildman–Crippen MR) is 128 cm³/mol. The highest BCUT2D eigenvalue weighted by Crippen LogP contribution is 2.32. The van der Waals surface area contributed by atoms with Gasteiger partial charge in [-0.1, -0.05) is 35.9 Å². The number of carbonyl (C=O) groups excluding carboxylic acids is 5. The fourth-order valence-corrected chi connectivity index (χ4v) is 4.32. The van der Waals surface area contributed by atoms with E-state index in [0.29, 0.717) is 29.8 Å². The summed E-state index contributed by atoms with van der Waals surface area (Å²) in [6.45, 7) is 2.63. The molecule has 2 aliphatic rings. The van der Waals surface area contributed by atoms with Gasteiger partial charge in [0.05, 0.1) is 0 Å². The first-order valence-corrected chi connectivity index (χ1v) is 11.7. The number of amides is 5. The summed E-state index contributed by atoms with van der Waals surface area (Å²) < 4.78 is 0. The van der Waals surface area contributed by atoms with Gasteiger partial charge in [0.25, 0.3) is 5.91 Å². The molecular weight excluding hydrogens is 448 g/mol. The fourth-order valence-electron chi connectivity index (χ4n) is 4.32. The minimum atomic E-state index is -0.713. The summed E-state index contributed by atoms with van der Waals surface area (Å²) in [6.07, 6.45) is 1.24. The summed E-state index contributed by atoms with van der Waals surface area (Å²) >= 11 is 0. The number of aryl methyl sites for hydroxylation is 1. The van der Waals surface area contributed by atoms with E-state index in [1.54, 1.807) is 18.2 Å². The molecular formula is C26H28N4O5. The first-order chi connectivity index (χ1) is 16.8. The Hall–Kier alpha value is -4.01. The zero-order chi connectivity index (χ0) is 24.9. The van der Waals surface area contributed by atoms with Gasteiger partial charge in [0.1, 0.15) is 6.04 Å². The van der Waals surface area contributed by atoms with E-state index in [2.05, 4.69) is 16.0 Å². The van der Waals surface area contributed by atoms with Crippen molar-refractivity contribution in [2.75, 3.05) is 5.32 Å². The highest BCUT2D eigenvalue weighted by molar-refractivity contribution is 6.06. The second kappa shape index (κ2) is 10.5. The third kappa shape index (κ3) is 5.74. The van der Waals surface area contributed by atoms with E-state index >= 15 is 0 Å². The molecule has 0 radical (unpaired) electrons. The van der Waals surface area contributed by atoms with Crippen LogP contribution in [0.5, 0.6) is 0 Å². The van der Waals surface area contributed by atoms with E-state index in [-0.39, 0.29) is 55.9 Å². The molecule has 0 saturated carbocycles. The van der Waals surface area contributed by atoms with Crippen LogP contribution >= 0.6 is 0 Å². The number of hydrogen-bond acceptors (Lipinski definition) is 5. The molecule has 4 rings (SSSR count). The molecule has 182 valence electrons. The van der Waals surface area contributed by atoms with Crippen LogP contribution in [0.4, 0.5) is 5.69 Å². The van der Waals surface area contributed by atoms with Crippen LogP contribution in [0.1, 0.15) is 59.2 Å². The summed E-state index contributed by atoms with van der Waals surface area (Å²) in [5.74, 6) is -1.49. The number of nitrogens with zero attached hydrogens (tertiary/aromatic N) is 1. The Morgan fingerprint density at radius 3 is 2.51 bits per heavy atom. The maximum Gasteiger partial charge on any atom is 0.255 e. The predicted octanol–water partition coefficient (Wildman–Crippen LogP) is 2.18. The summed E-state index contributed by atoms with van der Waals surface area (Å²) in [7, 11) is 0. The number of hydrogen-bond donors (Lipinski definition) is 3. The highest BCUT2D eigenvalue weighted by atomic mass is 16.2. The van der Waals surface area contributed by atoms with Crippen molar-refractivity contribution < 1.29 is 24.0 Å². The Morgan fingerprint density at radius 1 is 1.03 bits per heavy atom. The average Bonchev–Trinajstić information content (AvgIpc) is 3.16. The van der Waals surface area contributed by atoms with Crippen LogP contribution < -0.4 is 16.0 Å². The minimum absolute atomic E-state index is 0.121.